The Morgan fingerprint density at radius 3 is 2.02 bits per heavy atom. The van der Waals surface area contributed by atoms with Crippen LogP contribution >= 0.6 is 11.3 Å². The number of fused-ring (bicyclic) bond motifs is 7. The number of aromatic nitrogens is 2. The van der Waals surface area contributed by atoms with Gasteiger partial charge in [0.1, 0.15) is 11.5 Å². The molecule has 54 heavy (non-hydrogen) atoms. The molecule has 0 N–H and O–H groups in total. The normalized spacial score (nSPS) is 14.3. The van der Waals surface area contributed by atoms with Gasteiger partial charge in [-0.1, -0.05) is 179 Å². The first kappa shape index (κ1) is 32.9. The standard InChI is InChI=1S/C49H40N2OSSi/c1-32-36-21-11-13-26-43(36)52-47-37(32)22-16-28-45(47)54(33-17-7-5-8-18-33,34-19-9-6-10-20-34)35-29-30-38(40(31-35)49(2,3)4)39-23-15-25-42-46(39)50-48-51(42)41-24-12-14-27-44(41)53-48/h5-32H,1-4H3. The maximum Gasteiger partial charge on any atom is 0.195 e. The first-order valence-corrected chi connectivity index (χ1v) is 21.6. The first-order chi connectivity index (χ1) is 26.3. The smallest absolute Gasteiger partial charge is 0.195 e. The number of thiazole rings is 1. The maximum absolute atomic E-state index is 7.07. The van der Waals surface area contributed by atoms with Crippen LogP contribution in [0.15, 0.2) is 164 Å². The Balaban J connectivity index is 1.27. The van der Waals surface area contributed by atoms with Crippen molar-refractivity contribution < 1.29 is 4.74 Å². The van der Waals surface area contributed by atoms with Crippen LogP contribution in [0.25, 0.3) is 37.3 Å². The van der Waals surface area contributed by atoms with Crippen molar-refractivity contribution in [2.75, 3.05) is 0 Å². The summed E-state index contributed by atoms with van der Waals surface area (Å²) < 4.78 is 10.6. The van der Waals surface area contributed by atoms with Crippen LogP contribution in [0, 0.1) is 0 Å². The SMILES string of the molecule is CC1c2ccccc2Oc2c1cccc2[Si](c1ccccc1)(c1ccccc1)c1ccc(-c2cccc3c2nc2sc4ccccc4n23)c(C(C)(C)C)c1. The average Bonchev–Trinajstić information content (AvgIpc) is 3.76. The highest BCUT2D eigenvalue weighted by Crippen LogP contribution is 2.44. The van der Waals surface area contributed by atoms with Crippen LogP contribution in [-0.2, 0) is 5.41 Å². The number of hydrogen-bond acceptors (Lipinski definition) is 3. The largest absolute Gasteiger partial charge is 0.457 e. The van der Waals surface area contributed by atoms with Gasteiger partial charge in [-0.15, -0.1) is 0 Å². The maximum atomic E-state index is 7.07. The van der Waals surface area contributed by atoms with E-state index in [4.69, 9.17) is 9.72 Å². The fraction of sp³-hybridized carbons (Fsp3) is 0.122. The highest BCUT2D eigenvalue weighted by atomic mass is 32.1. The molecule has 2 aromatic heterocycles. The number of ether oxygens (including phenoxy) is 1. The Labute approximate surface area is 321 Å². The number of imidazole rings is 1. The van der Waals surface area contributed by atoms with Crippen LogP contribution in [0.1, 0.15) is 50.3 Å². The first-order valence-electron chi connectivity index (χ1n) is 18.8. The third-order valence-corrected chi connectivity index (χ3v) is 17.2. The Morgan fingerprint density at radius 1 is 0.611 bits per heavy atom. The van der Waals surface area contributed by atoms with Crippen molar-refractivity contribution in [3.8, 4) is 22.6 Å². The predicted octanol–water partition coefficient (Wildman–Crippen LogP) is 10.3. The minimum atomic E-state index is -3.01. The van der Waals surface area contributed by atoms with E-state index in [9.17, 15) is 0 Å². The number of rotatable bonds is 5. The molecular formula is C49H40N2OSSi. The van der Waals surface area contributed by atoms with Gasteiger partial charge in [-0.3, -0.25) is 4.40 Å². The molecule has 1 aliphatic heterocycles. The Kier molecular flexibility index (Phi) is 7.55. The lowest BCUT2D eigenvalue weighted by molar-refractivity contribution is 0.453. The molecule has 0 saturated carbocycles. The summed E-state index contributed by atoms with van der Waals surface area (Å²) in [6, 6.07) is 60.4. The molecule has 0 saturated heterocycles. The quantitative estimate of drug-likeness (QED) is 0.130. The zero-order valence-corrected chi connectivity index (χ0v) is 32.7. The Bertz CT molecular complexity index is 2830. The Hall–Kier alpha value is -5.75. The third-order valence-electron chi connectivity index (χ3n) is 11.4. The van der Waals surface area contributed by atoms with Gasteiger partial charge in [0.05, 0.1) is 21.3 Å². The molecule has 0 bridgehead atoms. The second kappa shape index (κ2) is 12.4. The monoisotopic (exact) mass is 732 g/mol. The van der Waals surface area contributed by atoms with E-state index >= 15 is 0 Å². The van der Waals surface area contributed by atoms with Gasteiger partial charge in [0.2, 0.25) is 0 Å². The summed E-state index contributed by atoms with van der Waals surface area (Å²) in [4.78, 5) is 6.34. The summed E-state index contributed by atoms with van der Waals surface area (Å²) in [7, 11) is -3.01. The van der Waals surface area contributed by atoms with Crippen LogP contribution in [-0.4, -0.2) is 17.5 Å². The average molecular weight is 733 g/mol. The number of nitrogens with zero attached hydrogens (tertiary/aromatic N) is 2. The van der Waals surface area contributed by atoms with Gasteiger partial charge < -0.3 is 4.74 Å². The lowest BCUT2D eigenvalue weighted by atomic mass is 9.81. The molecule has 1 unspecified atom stereocenters. The van der Waals surface area contributed by atoms with Crippen molar-refractivity contribution in [1.82, 2.24) is 9.38 Å². The van der Waals surface area contributed by atoms with Crippen molar-refractivity contribution in [1.29, 1.82) is 0 Å². The van der Waals surface area contributed by atoms with Crippen LogP contribution < -0.4 is 25.5 Å². The fourth-order valence-corrected chi connectivity index (χ4v) is 14.8. The lowest BCUT2D eigenvalue weighted by Crippen LogP contribution is -2.75. The topological polar surface area (TPSA) is 26.5 Å². The van der Waals surface area contributed by atoms with Gasteiger partial charge in [0, 0.05) is 22.6 Å². The van der Waals surface area contributed by atoms with E-state index in [1.165, 1.54) is 58.8 Å². The molecule has 1 atom stereocenters. The number of benzene rings is 7. The molecule has 3 heterocycles. The second-order valence-corrected chi connectivity index (χ2v) is 20.3. The summed E-state index contributed by atoms with van der Waals surface area (Å²) in [5.41, 5.74) is 9.40. The highest BCUT2D eigenvalue weighted by Gasteiger charge is 2.46. The molecule has 1 aliphatic rings. The Morgan fingerprint density at radius 2 is 1.26 bits per heavy atom. The zero-order valence-electron chi connectivity index (χ0n) is 30.9. The molecule has 0 fully saturated rings. The zero-order chi connectivity index (χ0) is 36.6. The molecule has 10 rings (SSSR count). The van der Waals surface area contributed by atoms with E-state index in [0.29, 0.717) is 0 Å². The van der Waals surface area contributed by atoms with Crippen molar-refractivity contribution >= 4 is 66.4 Å². The summed E-state index contributed by atoms with van der Waals surface area (Å²) in [6.45, 7) is 9.34. The van der Waals surface area contributed by atoms with E-state index in [-0.39, 0.29) is 11.3 Å². The summed E-state index contributed by atoms with van der Waals surface area (Å²) >= 11 is 1.75. The minimum Gasteiger partial charge on any atom is -0.457 e. The molecule has 0 spiro atoms. The van der Waals surface area contributed by atoms with Crippen LogP contribution in [0.5, 0.6) is 11.5 Å². The van der Waals surface area contributed by atoms with Crippen molar-refractivity contribution in [3.05, 3.63) is 180 Å². The molecular weight excluding hydrogens is 693 g/mol. The molecule has 7 aromatic carbocycles. The van der Waals surface area contributed by atoms with E-state index in [1.807, 2.05) is 0 Å². The van der Waals surface area contributed by atoms with Crippen molar-refractivity contribution in [2.45, 2.75) is 39.0 Å². The van der Waals surface area contributed by atoms with E-state index in [1.54, 1.807) is 11.3 Å². The van der Waals surface area contributed by atoms with Crippen LogP contribution in [0.4, 0.5) is 0 Å². The van der Waals surface area contributed by atoms with Gasteiger partial charge >= 0.3 is 0 Å². The molecule has 5 heteroatoms. The summed E-state index contributed by atoms with van der Waals surface area (Å²) in [5.74, 6) is 2.15. The van der Waals surface area contributed by atoms with Crippen LogP contribution in [0.3, 0.4) is 0 Å². The van der Waals surface area contributed by atoms with Gasteiger partial charge in [-0.25, -0.2) is 4.98 Å². The van der Waals surface area contributed by atoms with Crippen molar-refractivity contribution in [3.63, 3.8) is 0 Å². The van der Waals surface area contributed by atoms with E-state index in [0.717, 1.165) is 27.5 Å². The number of hydrogen-bond donors (Lipinski definition) is 0. The molecule has 0 aliphatic carbocycles. The molecule has 0 radical (unpaired) electrons. The fourth-order valence-electron chi connectivity index (χ4n) is 8.91. The molecule has 3 nitrogen and oxygen atoms in total. The molecule has 262 valence electrons. The third kappa shape index (κ3) is 4.88. The van der Waals surface area contributed by atoms with Crippen molar-refractivity contribution in [2.24, 2.45) is 0 Å². The minimum absolute atomic E-state index is 0.162. The van der Waals surface area contributed by atoms with Gasteiger partial charge in [0.25, 0.3) is 0 Å². The highest BCUT2D eigenvalue weighted by molar-refractivity contribution is 7.23. The van der Waals surface area contributed by atoms with E-state index < -0.39 is 8.07 Å². The number of para-hydroxylation sites is 4. The molecule has 9 aromatic rings. The van der Waals surface area contributed by atoms with E-state index in [2.05, 4.69) is 196 Å². The van der Waals surface area contributed by atoms with Gasteiger partial charge in [-0.05, 0) is 61.6 Å². The predicted molar refractivity (Wildman–Crippen MR) is 230 cm³/mol. The van der Waals surface area contributed by atoms with Crippen LogP contribution in [0.2, 0.25) is 0 Å². The second-order valence-electron chi connectivity index (χ2n) is 15.6. The summed E-state index contributed by atoms with van der Waals surface area (Å²) in [5, 5.41) is 5.27. The summed E-state index contributed by atoms with van der Waals surface area (Å²) in [6.07, 6.45) is 0. The van der Waals surface area contributed by atoms with Gasteiger partial charge in [0.15, 0.2) is 13.0 Å². The van der Waals surface area contributed by atoms with Gasteiger partial charge in [-0.2, -0.15) is 0 Å². The molecule has 0 amide bonds. The lowest BCUT2D eigenvalue weighted by Gasteiger charge is -2.38.